The van der Waals surface area contributed by atoms with Crippen molar-refractivity contribution in [3.63, 3.8) is 0 Å². The number of nitrogens with one attached hydrogen (secondary N) is 1. The fraction of sp³-hybridized carbons (Fsp3) is 0.714. The minimum absolute atomic E-state index is 0.393. The maximum Gasteiger partial charge on any atom is 0.0230 e. The summed E-state index contributed by atoms with van der Waals surface area (Å²) in [5.41, 5.74) is 1.71. The first-order valence-electron chi connectivity index (χ1n) is 3.03. The van der Waals surface area contributed by atoms with E-state index >= 15 is 0 Å². The molecule has 0 aromatic heterocycles. The van der Waals surface area contributed by atoms with Crippen LogP contribution in [-0.2, 0) is 0 Å². The van der Waals surface area contributed by atoms with Gasteiger partial charge < -0.3 is 5.32 Å². The zero-order chi connectivity index (χ0) is 6.20. The molecule has 0 spiro atoms. The van der Waals surface area contributed by atoms with E-state index in [0.29, 0.717) is 5.41 Å². The van der Waals surface area contributed by atoms with E-state index in [9.17, 15) is 0 Å². The third-order valence-electron chi connectivity index (χ3n) is 1.43. The molecule has 0 bridgehead atoms. The Morgan fingerprint density at radius 1 is 1.62 bits per heavy atom. The van der Waals surface area contributed by atoms with Gasteiger partial charge in [-0.2, -0.15) is 0 Å². The van der Waals surface area contributed by atoms with Crippen LogP contribution in [0, 0.1) is 5.41 Å². The van der Waals surface area contributed by atoms with Crippen LogP contribution in [0.3, 0.4) is 0 Å². The molecule has 1 aliphatic rings. The Balaban J connectivity index is 2.67. The van der Waals surface area contributed by atoms with Gasteiger partial charge in [-0.15, -0.1) is 0 Å². The van der Waals surface area contributed by atoms with Gasteiger partial charge in [0.25, 0.3) is 0 Å². The van der Waals surface area contributed by atoms with Crippen LogP contribution in [-0.4, -0.2) is 6.54 Å². The van der Waals surface area contributed by atoms with Crippen LogP contribution in [0.15, 0.2) is 11.8 Å². The van der Waals surface area contributed by atoms with Crippen LogP contribution in [0.2, 0.25) is 0 Å². The Kier molecular flexibility index (Phi) is 1.07. The second-order valence-electron chi connectivity index (χ2n) is 3.17. The first-order chi connectivity index (χ1) is 3.60. The van der Waals surface area contributed by atoms with Crippen molar-refractivity contribution in [3.8, 4) is 0 Å². The SMILES string of the molecule is CC1=CC(C)(C)CN1. The van der Waals surface area contributed by atoms with Crippen molar-refractivity contribution in [3.05, 3.63) is 11.8 Å². The largest absolute Gasteiger partial charge is 0.388 e. The Labute approximate surface area is 50.8 Å². The molecular weight excluding hydrogens is 98.1 g/mol. The monoisotopic (exact) mass is 111 g/mol. The van der Waals surface area contributed by atoms with Crippen molar-refractivity contribution in [1.29, 1.82) is 0 Å². The standard InChI is InChI=1S/C7H13N/c1-6-4-7(2,3)5-8-6/h4,8H,5H2,1-3H3. The summed E-state index contributed by atoms with van der Waals surface area (Å²) in [7, 11) is 0. The van der Waals surface area contributed by atoms with Gasteiger partial charge in [0.2, 0.25) is 0 Å². The zero-order valence-electron chi connectivity index (χ0n) is 5.78. The normalized spacial score (nSPS) is 24.6. The number of rotatable bonds is 0. The fourth-order valence-corrected chi connectivity index (χ4v) is 1.06. The molecule has 0 radical (unpaired) electrons. The number of hydrogen-bond acceptors (Lipinski definition) is 1. The van der Waals surface area contributed by atoms with E-state index in [-0.39, 0.29) is 0 Å². The topological polar surface area (TPSA) is 12.0 Å². The van der Waals surface area contributed by atoms with Gasteiger partial charge in [-0.1, -0.05) is 19.9 Å². The Hall–Kier alpha value is -0.460. The summed E-state index contributed by atoms with van der Waals surface area (Å²) in [5.74, 6) is 0. The minimum Gasteiger partial charge on any atom is -0.388 e. The molecule has 1 rings (SSSR count). The molecule has 0 unspecified atom stereocenters. The summed E-state index contributed by atoms with van der Waals surface area (Å²) < 4.78 is 0. The lowest BCUT2D eigenvalue weighted by molar-refractivity contribution is 0.496. The fourth-order valence-electron chi connectivity index (χ4n) is 1.06. The summed E-state index contributed by atoms with van der Waals surface area (Å²) >= 11 is 0. The molecule has 1 N–H and O–H groups in total. The highest BCUT2D eigenvalue weighted by Gasteiger charge is 2.19. The first-order valence-corrected chi connectivity index (χ1v) is 3.03. The molecular formula is C7H13N. The average molecular weight is 111 g/mol. The van der Waals surface area contributed by atoms with Gasteiger partial charge in [-0.3, -0.25) is 0 Å². The second-order valence-corrected chi connectivity index (χ2v) is 3.17. The number of hydrogen-bond donors (Lipinski definition) is 1. The third-order valence-corrected chi connectivity index (χ3v) is 1.43. The lowest BCUT2D eigenvalue weighted by atomic mass is 9.96. The van der Waals surface area contributed by atoms with Crippen LogP contribution in [0.1, 0.15) is 20.8 Å². The van der Waals surface area contributed by atoms with Gasteiger partial charge in [-0.05, 0) is 6.92 Å². The molecule has 1 aliphatic heterocycles. The van der Waals surface area contributed by atoms with Crippen molar-refractivity contribution in [1.82, 2.24) is 5.32 Å². The molecule has 0 aromatic rings. The van der Waals surface area contributed by atoms with Crippen LogP contribution >= 0.6 is 0 Å². The molecule has 0 fully saturated rings. The van der Waals surface area contributed by atoms with Crippen LogP contribution < -0.4 is 5.32 Å². The van der Waals surface area contributed by atoms with Crippen LogP contribution in [0.5, 0.6) is 0 Å². The molecule has 0 atom stereocenters. The van der Waals surface area contributed by atoms with Gasteiger partial charge in [0.05, 0.1) is 0 Å². The Morgan fingerprint density at radius 3 is 2.38 bits per heavy atom. The highest BCUT2D eigenvalue weighted by atomic mass is 14.9. The van der Waals surface area contributed by atoms with Crippen LogP contribution in [0.4, 0.5) is 0 Å². The van der Waals surface area contributed by atoms with Gasteiger partial charge in [0.1, 0.15) is 0 Å². The highest BCUT2D eigenvalue weighted by molar-refractivity contribution is 5.11. The molecule has 0 saturated heterocycles. The summed E-state index contributed by atoms with van der Waals surface area (Å²) in [4.78, 5) is 0. The molecule has 0 aliphatic carbocycles. The maximum atomic E-state index is 3.27. The van der Waals surface area contributed by atoms with Gasteiger partial charge in [0, 0.05) is 17.7 Å². The maximum absolute atomic E-state index is 3.27. The predicted octanol–water partition coefficient (Wildman–Crippen LogP) is 1.52. The minimum atomic E-state index is 0.393. The van der Waals surface area contributed by atoms with Gasteiger partial charge in [-0.25, -0.2) is 0 Å². The van der Waals surface area contributed by atoms with E-state index in [1.165, 1.54) is 5.70 Å². The van der Waals surface area contributed by atoms with E-state index in [1.807, 2.05) is 0 Å². The Morgan fingerprint density at radius 2 is 2.25 bits per heavy atom. The second kappa shape index (κ2) is 1.51. The van der Waals surface area contributed by atoms with E-state index in [4.69, 9.17) is 0 Å². The number of allylic oxidation sites excluding steroid dienone is 1. The lowest BCUT2D eigenvalue weighted by Crippen LogP contribution is -2.17. The van der Waals surface area contributed by atoms with Crippen molar-refractivity contribution in [2.24, 2.45) is 5.41 Å². The molecule has 1 heteroatoms. The molecule has 1 nitrogen and oxygen atoms in total. The van der Waals surface area contributed by atoms with Gasteiger partial charge >= 0.3 is 0 Å². The summed E-state index contributed by atoms with van der Waals surface area (Å²) in [6.07, 6.45) is 2.27. The van der Waals surface area contributed by atoms with E-state index < -0.39 is 0 Å². The predicted molar refractivity (Wildman–Crippen MR) is 35.5 cm³/mol. The molecule has 46 valence electrons. The Bertz CT molecular complexity index is 122. The van der Waals surface area contributed by atoms with Crippen molar-refractivity contribution < 1.29 is 0 Å². The summed E-state index contributed by atoms with van der Waals surface area (Å²) in [5, 5.41) is 3.27. The van der Waals surface area contributed by atoms with E-state index in [0.717, 1.165) is 6.54 Å². The van der Waals surface area contributed by atoms with Gasteiger partial charge in [0.15, 0.2) is 0 Å². The summed E-state index contributed by atoms with van der Waals surface area (Å²) in [6, 6.07) is 0. The van der Waals surface area contributed by atoms with Crippen molar-refractivity contribution in [2.45, 2.75) is 20.8 Å². The molecule has 0 aromatic carbocycles. The molecule has 8 heavy (non-hydrogen) atoms. The molecule has 1 heterocycles. The van der Waals surface area contributed by atoms with Crippen molar-refractivity contribution in [2.75, 3.05) is 6.54 Å². The van der Waals surface area contributed by atoms with E-state index in [2.05, 4.69) is 32.2 Å². The third kappa shape index (κ3) is 1.03. The van der Waals surface area contributed by atoms with Crippen molar-refractivity contribution >= 4 is 0 Å². The summed E-state index contributed by atoms with van der Waals surface area (Å²) in [6.45, 7) is 7.67. The smallest absolute Gasteiger partial charge is 0.0230 e. The first kappa shape index (κ1) is 5.67. The van der Waals surface area contributed by atoms with E-state index in [1.54, 1.807) is 0 Å². The zero-order valence-corrected chi connectivity index (χ0v) is 5.78. The molecule has 0 amide bonds. The molecule has 0 saturated carbocycles. The quantitative estimate of drug-likeness (QED) is 0.499. The highest BCUT2D eigenvalue weighted by Crippen LogP contribution is 2.22. The average Bonchev–Trinajstić information content (AvgIpc) is 1.82. The lowest BCUT2D eigenvalue weighted by Gasteiger charge is -2.11. The van der Waals surface area contributed by atoms with Crippen LogP contribution in [0.25, 0.3) is 0 Å².